The number of aryl methyl sites for hydroxylation is 1. The highest BCUT2D eigenvalue weighted by Crippen LogP contribution is 2.18. The van der Waals surface area contributed by atoms with Gasteiger partial charge in [0, 0.05) is 11.8 Å². The Kier molecular flexibility index (Phi) is 3.62. The third-order valence-electron chi connectivity index (χ3n) is 2.10. The summed E-state index contributed by atoms with van der Waals surface area (Å²) in [4.78, 5) is 0. The van der Waals surface area contributed by atoms with Crippen LogP contribution in [0.4, 0.5) is 4.39 Å². The summed E-state index contributed by atoms with van der Waals surface area (Å²) < 4.78 is 17.7. The molecule has 4 heteroatoms. The summed E-state index contributed by atoms with van der Waals surface area (Å²) in [6, 6.07) is 8.49. The van der Waals surface area contributed by atoms with Gasteiger partial charge in [-0.3, -0.25) is 0 Å². The first kappa shape index (κ1) is 11.2. The molecule has 2 aromatic rings. The van der Waals surface area contributed by atoms with Crippen LogP contribution in [-0.4, -0.2) is 5.16 Å². The van der Waals surface area contributed by atoms with E-state index in [0.29, 0.717) is 0 Å². The Morgan fingerprint density at radius 2 is 2.00 bits per heavy atom. The second kappa shape index (κ2) is 5.16. The number of aromatic nitrogens is 1. The number of hydrogen-bond acceptors (Lipinski definition) is 3. The lowest BCUT2D eigenvalue weighted by Crippen LogP contribution is -1.82. The predicted octanol–water partition coefficient (Wildman–Crippen LogP) is 3.56. The van der Waals surface area contributed by atoms with Gasteiger partial charge < -0.3 is 4.52 Å². The van der Waals surface area contributed by atoms with Gasteiger partial charge in [0.05, 0.1) is 11.4 Å². The molecule has 0 spiro atoms. The van der Waals surface area contributed by atoms with Crippen molar-refractivity contribution >= 4 is 11.8 Å². The summed E-state index contributed by atoms with van der Waals surface area (Å²) in [6.07, 6.45) is 0. The van der Waals surface area contributed by atoms with Crippen LogP contribution in [-0.2, 0) is 11.5 Å². The lowest BCUT2D eigenvalue weighted by Gasteiger charge is -1.99. The van der Waals surface area contributed by atoms with Gasteiger partial charge in [0.1, 0.15) is 11.6 Å². The van der Waals surface area contributed by atoms with Crippen molar-refractivity contribution in [2.24, 2.45) is 0 Å². The molecule has 0 saturated carbocycles. The highest BCUT2D eigenvalue weighted by atomic mass is 32.2. The van der Waals surface area contributed by atoms with Crippen molar-refractivity contribution in [3.8, 4) is 0 Å². The molecule has 1 aromatic carbocycles. The molecule has 16 heavy (non-hydrogen) atoms. The van der Waals surface area contributed by atoms with Crippen LogP contribution < -0.4 is 0 Å². The maximum atomic E-state index is 12.6. The second-order valence-electron chi connectivity index (χ2n) is 3.55. The molecule has 0 aliphatic heterocycles. The maximum Gasteiger partial charge on any atom is 0.146 e. The molecule has 0 saturated heterocycles. The molecule has 0 radical (unpaired) electrons. The van der Waals surface area contributed by atoms with E-state index in [1.54, 1.807) is 23.9 Å². The molecular weight excluding hydrogens is 225 g/mol. The summed E-state index contributed by atoms with van der Waals surface area (Å²) in [7, 11) is 0. The van der Waals surface area contributed by atoms with Gasteiger partial charge in [-0.25, -0.2) is 4.39 Å². The van der Waals surface area contributed by atoms with Crippen LogP contribution in [0.1, 0.15) is 17.0 Å². The Morgan fingerprint density at radius 3 is 2.62 bits per heavy atom. The van der Waals surface area contributed by atoms with E-state index in [1.165, 1.54) is 12.1 Å². The number of nitrogens with zero attached hydrogens (tertiary/aromatic N) is 1. The topological polar surface area (TPSA) is 26.0 Å². The Hall–Kier alpha value is -1.29. The Morgan fingerprint density at radius 1 is 1.25 bits per heavy atom. The lowest BCUT2D eigenvalue weighted by molar-refractivity contribution is 0.391. The van der Waals surface area contributed by atoms with Crippen molar-refractivity contribution in [1.82, 2.24) is 5.16 Å². The molecule has 0 atom stereocenters. The number of hydrogen-bond donors (Lipinski definition) is 0. The third-order valence-corrected chi connectivity index (χ3v) is 3.13. The minimum absolute atomic E-state index is 0.195. The first-order valence-corrected chi connectivity index (χ1v) is 6.14. The van der Waals surface area contributed by atoms with Gasteiger partial charge in [0.25, 0.3) is 0 Å². The molecule has 84 valence electrons. The minimum atomic E-state index is -0.195. The van der Waals surface area contributed by atoms with Gasteiger partial charge in [-0.1, -0.05) is 17.3 Å². The van der Waals surface area contributed by atoms with Crippen LogP contribution in [0.2, 0.25) is 0 Å². The zero-order valence-corrected chi connectivity index (χ0v) is 9.76. The molecule has 1 heterocycles. The van der Waals surface area contributed by atoms with Crippen LogP contribution in [0.15, 0.2) is 34.9 Å². The predicted molar refractivity (Wildman–Crippen MR) is 62.6 cm³/mol. The lowest BCUT2D eigenvalue weighted by atomic mass is 10.2. The summed E-state index contributed by atoms with van der Waals surface area (Å²) in [6.45, 7) is 1.90. The molecule has 0 aliphatic rings. The molecule has 0 N–H and O–H groups in total. The van der Waals surface area contributed by atoms with Gasteiger partial charge in [-0.05, 0) is 24.6 Å². The Labute approximate surface area is 97.8 Å². The van der Waals surface area contributed by atoms with Crippen molar-refractivity contribution in [3.63, 3.8) is 0 Å². The van der Waals surface area contributed by atoms with Crippen LogP contribution in [0.5, 0.6) is 0 Å². The fourth-order valence-electron chi connectivity index (χ4n) is 1.33. The SMILES string of the molecule is Cc1cc(CSCc2ccc(F)cc2)on1. The first-order chi connectivity index (χ1) is 7.74. The van der Waals surface area contributed by atoms with E-state index in [9.17, 15) is 4.39 Å². The molecule has 0 amide bonds. The monoisotopic (exact) mass is 237 g/mol. The van der Waals surface area contributed by atoms with Gasteiger partial charge >= 0.3 is 0 Å². The number of benzene rings is 1. The van der Waals surface area contributed by atoms with Crippen LogP contribution in [0.3, 0.4) is 0 Å². The summed E-state index contributed by atoms with van der Waals surface area (Å²) in [5.41, 5.74) is 2.01. The average molecular weight is 237 g/mol. The third kappa shape index (κ3) is 3.10. The van der Waals surface area contributed by atoms with E-state index in [-0.39, 0.29) is 5.82 Å². The quantitative estimate of drug-likeness (QED) is 0.813. The van der Waals surface area contributed by atoms with Crippen molar-refractivity contribution in [2.45, 2.75) is 18.4 Å². The van der Waals surface area contributed by atoms with Crippen molar-refractivity contribution in [1.29, 1.82) is 0 Å². The minimum Gasteiger partial charge on any atom is -0.360 e. The van der Waals surface area contributed by atoms with E-state index in [2.05, 4.69) is 5.16 Å². The van der Waals surface area contributed by atoms with Gasteiger partial charge in [-0.2, -0.15) is 0 Å². The summed E-state index contributed by atoms with van der Waals surface area (Å²) >= 11 is 1.72. The van der Waals surface area contributed by atoms with E-state index < -0.39 is 0 Å². The fourth-order valence-corrected chi connectivity index (χ4v) is 2.20. The Bertz CT molecular complexity index is 452. The largest absolute Gasteiger partial charge is 0.360 e. The van der Waals surface area contributed by atoms with Gasteiger partial charge in [0.15, 0.2) is 0 Å². The van der Waals surface area contributed by atoms with Crippen LogP contribution in [0.25, 0.3) is 0 Å². The average Bonchev–Trinajstić information content (AvgIpc) is 2.67. The zero-order valence-electron chi connectivity index (χ0n) is 8.94. The van der Waals surface area contributed by atoms with Crippen LogP contribution >= 0.6 is 11.8 Å². The molecule has 1 aromatic heterocycles. The molecule has 2 rings (SSSR count). The fraction of sp³-hybridized carbons (Fsp3) is 0.250. The van der Waals surface area contributed by atoms with Gasteiger partial charge in [-0.15, -0.1) is 11.8 Å². The van der Waals surface area contributed by atoms with Crippen LogP contribution in [0, 0.1) is 12.7 Å². The molecular formula is C12H12FNOS. The van der Waals surface area contributed by atoms with E-state index in [1.807, 2.05) is 13.0 Å². The molecule has 0 unspecified atom stereocenters. The molecule has 0 aliphatic carbocycles. The molecule has 0 fully saturated rings. The molecule has 2 nitrogen and oxygen atoms in total. The zero-order chi connectivity index (χ0) is 11.4. The molecule has 0 bridgehead atoms. The van der Waals surface area contributed by atoms with E-state index >= 15 is 0 Å². The van der Waals surface area contributed by atoms with Crippen molar-refractivity contribution in [3.05, 3.63) is 53.2 Å². The highest BCUT2D eigenvalue weighted by molar-refractivity contribution is 7.97. The normalized spacial score (nSPS) is 10.6. The summed E-state index contributed by atoms with van der Waals surface area (Å²) in [5.74, 6) is 2.32. The summed E-state index contributed by atoms with van der Waals surface area (Å²) in [5, 5.41) is 3.82. The van der Waals surface area contributed by atoms with E-state index in [0.717, 1.165) is 28.5 Å². The van der Waals surface area contributed by atoms with Gasteiger partial charge in [0.2, 0.25) is 0 Å². The highest BCUT2D eigenvalue weighted by Gasteiger charge is 2.01. The standard InChI is InChI=1S/C12H12FNOS/c1-9-6-12(15-14-9)8-16-7-10-2-4-11(13)5-3-10/h2-6H,7-8H2,1H3. The second-order valence-corrected chi connectivity index (χ2v) is 4.54. The van der Waals surface area contributed by atoms with E-state index in [4.69, 9.17) is 4.52 Å². The number of halogens is 1. The maximum absolute atomic E-state index is 12.6. The smallest absolute Gasteiger partial charge is 0.146 e. The number of rotatable bonds is 4. The first-order valence-electron chi connectivity index (χ1n) is 4.98. The van der Waals surface area contributed by atoms with Crippen molar-refractivity contribution in [2.75, 3.05) is 0 Å². The Balaban J connectivity index is 1.82. The van der Waals surface area contributed by atoms with Crippen molar-refractivity contribution < 1.29 is 8.91 Å². The number of thioether (sulfide) groups is 1.